The fraction of sp³-hybridized carbons (Fsp3) is 0.867. The predicted molar refractivity (Wildman–Crippen MR) is 80.0 cm³/mol. The van der Waals surface area contributed by atoms with E-state index < -0.39 is 0 Å². The van der Waals surface area contributed by atoms with Crippen molar-refractivity contribution in [3.63, 3.8) is 0 Å². The van der Waals surface area contributed by atoms with Crippen LogP contribution in [0.5, 0.6) is 0 Å². The summed E-state index contributed by atoms with van der Waals surface area (Å²) in [7, 11) is 1.92. The molecule has 4 nitrogen and oxygen atoms in total. The molecule has 1 N–H and O–H groups in total. The summed E-state index contributed by atoms with van der Waals surface area (Å²) in [5.41, 5.74) is 1.49. The highest BCUT2D eigenvalue weighted by Crippen LogP contribution is 2.27. The van der Waals surface area contributed by atoms with Gasteiger partial charge in [-0.2, -0.15) is 0 Å². The molecule has 0 aliphatic carbocycles. The van der Waals surface area contributed by atoms with Gasteiger partial charge in [0.2, 0.25) is 0 Å². The highest BCUT2D eigenvalue weighted by atomic mass is 15.4. The standard InChI is InChI=1S/C15H30N4/c1-7-16-13(8-12(2)10-15(3,4)5)9-14-11-19(6)18-17-14/h11-13,16H,7-10H2,1-6H3. The maximum absolute atomic E-state index is 4.19. The van der Waals surface area contributed by atoms with E-state index in [4.69, 9.17) is 0 Å². The minimum atomic E-state index is 0.405. The second-order valence-corrected chi connectivity index (χ2v) is 6.95. The molecule has 1 aromatic heterocycles. The van der Waals surface area contributed by atoms with Crippen molar-refractivity contribution in [3.8, 4) is 0 Å². The Morgan fingerprint density at radius 1 is 1.37 bits per heavy atom. The first-order chi connectivity index (χ1) is 8.80. The van der Waals surface area contributed by atoms with E-state index in [2.05, 4.69) is 50.2 Å². The normalized spacial score (nSPS) is 15.5. The molecule has 1 heterocycles. The third-order valence-corrected chi connectivity index (χ3v) is 3.25. The molecule has 0 spiro atoms. The number of hydrogen-bond acceptors (Lipinski definition) is 3. The van der Waals surface area contributed by atoms with Gasteiger partial charge in [-0.05, 0) is 30.7 Å². The number of aromatic nitrogens is 3. The van der Waals surface area contributed by atoms with Crippen LogP contribution in [0.15, 0.2) is 6.20 Å². The maximum Gasteiger partial charge on any atom is 0.0842 e. The molecule has 0 amide bonds. The van der Waals surface area contributed by atoms with Gasteiger partial charge in [0.15, 0.2) is 0 Å². The lowest BCUT2D eigenvalue weighted by Gasteiger charge is -2.26. The van der Waals surface area contributed by atoms with E-state index in [1.54, 1.807) is 4.68 Å². The maximum atomic E-state index is 4.19. The molecule has 0 fully saturated rings. The molecule has 19 heavy (non-hydrogen) atoms. The molecule has 0 aliphatic rings. The summed E-state index contributed by atoms with van der Waals surface area (Å²) < 4.78 is 1.77. The van der Waals surface area contributed by atoms with E-state index in [0.717, 1.165) is 24.6 Å². The lowest BCUT2D eigenvalue weighted by molar-refractivity contribution is 0.274. The van der Waals surface area contributed by atoms with E-state index in [9.17, 15) is 0 Å². The summed E-state index contributed by atoms with van der Waals surface area (Å²) in [4.78, 5) is 0. The Morgan fingerprint density at radius 2 is 2.05 bits per heavy atom. The molecule has 0 radical (unpaired) electrons. The van der Waals surface area contributed by atoms with Crippen molar-refractivity contribution in [3.05, 3.63) is 11.9 Å². The second kappa shape index (κ2) is 7.04. The van der Waals surface area contributed by atoms with Crippen LogP contribution < -0.4 is 5.32 Å². The zero-order valence-corrected chi connectivity index (χ0v) is 13.4. The third kappa shape index (κ3) is 6.71. The lowest BCUT2D eigenvalue weighted by Crippen LogP contribution is -2.33. The van der Waals surface area contributed by atoms with E-state index in [1.165, 1.54) is 12.8 Å². The summed E-state index contributed by atoms with van der Waals surface area (Å²) in [6.45, 7) is 12.5. The van der Waals surface area contributed by atoms with Gasteiger partial charge in [-0.3, -0.25) is 4.68 Å². The topological polar surface area (TPSA) is 42.7 Å². The van der Waals surface area contributed by atoms with Crippen molar-refractivity contribution in [2.75, 3.05) is 6.54 Å². The zero-order valence-electron chi connectivity index (χ0n) is 13.4. The number of aryl methyl sites for hydroxylation is 1. The molecule has 0 aliphatic heterocycles. The van der Waals surface area contributed by atoms with Crippen molar-refractivity contribution >= 4 is 0 Å². The average molecular weight is 266 g/mol. The number of nitrogens with zero attached hydrogens (tertiary/aromatic N) is 3. The lowest BCUT2D eigenvalue weighted by atomic mass is 9.82. The summed E-state index contributed by atoms with van der Waals surface area (Å²) >= 11 is 0. The quantitative estimate of drug-likeness (QED) is 0.825. The van der Waals surface area contributed by atoms with Crippen molar-refractivity contribution in [2.45, 2.75) is 59.9 Å². The van der Waals surface area contributed by atoms with Crippen LogP contribution in [0.4, 0.5) is 0 Å². The Kier molecular flexibility index (Phi) is 5.98. The van der Waals surface area contributed by atoms with Crippen molar-refractivity contribution in [1.82, 2.24) is 20.3 Å². The Morgan fingerprint density at radius 3 is 2.53 bits per heavy atom. The Balaban J connectivity index is 2.52. The van der Waals surface area contributed by atoms with Crippen LogP contribution in [0.2, 0.25) is 0 Å². The van der Waals surface area contributed by atoms with Gasteiger partial charge in [0, 0.05) is 25.7 Å². The molecule has 2 atom stereocenters. The average Bonchev–Trinajstić information content (AvgIpc) is 2.61. The minimum absolute atomic E-state index is 0.405. The smallest absolute Gasteiger partial charge is 0.0842 e. The molecule has 1 rings (SSSR count). The fourth-order valence-electron chi connectivity index (χ4n) is 2.88. The first kappa shape index (κ1) is 16.2. The Hall–Kier alpha value is -0.900. The van der Waals surface area contributed by atoms with Crippen molar-refractivity contribution in [1.29, 1.82) is 0 Å². The number of likely N-dealkylation sites (N-methyl/N-ethyl adjacent to an activating group) is 1. The van der Waals surface area contributed by atoms with Gasteiger partial charge in [-0.25, -0.2) is 0 Å². The molecule has 0 aromatic carbocycles. The summed E-state index contributed by atoms with van der Waals surface area (Å²) in [6.07, 6.45) is 5.44. The van der Waals surface area contributed by atoms with Crippen LogP contribution in [-0.2, 0) is 13.5 Å². The van der Waals surface area contributed by atoms with Crippen LogP contribution in [0.25, 0.3) is 0 Å². The van der Waals surface area contributed by atoms with Gasteiger partial charge in [-0.1, -0.05) is 39.8 Å². The minimum Gasteiger partial charge on any atom is -0.314 e. The Labute approximate surface area is 118 Å². The molecule has 0 saturated carbocycles. The molecule has 0 saturated heterocycles. The largest absolute Gasteiger partial charge is 0.314 e. The van der Waals surface area contributed by atoms with Gasteiger partial charge < -0.3 is 5.32 Å². The molecule has 4 heteroatoms. The SMILES string of the molecule is CCNC(Cc1cn(C)nn1)CC(C)CC(C)(C)C. The monoisotopic (exact) mass is 266 g/mol. The molecule has 1 aromatic rings. The van der Waals surface area contributed by atoms with Gasteiger partial charge in [0.1, 0.15) is 0 Å². The van der Waals surface area contributed by atoms with Crippen molar-refractivity contribution < 1.29 is 0 Å². The van der Waals surface area contributed by atoms with Crippen molar-refractivity contribution in [2.24, 2.45) is 18.4 Å². The summed E-state index contributed by atoms with van der Waals surface area (Å²) in [5, 5.41) is 11.8. The first-order valence-corrected chi connectivity index (χ1v) is 7.38. The van der Waals surface area contributed by atoms with E-state index in [0.29, 0.717) is 11.5 Å². The highest BCUT2D eigenvalue weighted by Gasteiger charge is 2.19. The Bertz CT molecular complexity index is 364. The number of rotatable bonds is 7. The number of hydrogen-bond donors (Lipinski definition) is 1. The van der Waals surface area contributed by atoms with Gasteiger partial charge in [0.05, 0.1) is 5.69 Å². The first-order valence-electron chi connectivity index (χ1n) is 7.38. The van der Waals surface area contributed by atoms with Gasteiger partial charge in [0.25, 0.3) is 0 Å². The van der Waals surface area contributed by atoms with Crippen LogP contribution >= 0.6 is 0 Å². The predicted octanol–water partition coefficient (Wildman–Crippen LogP) is 2.80. The van der Waals surface area contributed by atoms with Crippen LogP contribution in [0.1, 0.15) is 53.2 Å². The van der Waals surface area contributed by atoms with Gasteiger partial charge in [-0.15, -0.1) is 5.10 Å². The molecular weight excluding hydrogens is 236 g/mol. The van der Waals surface area contributed by atoms with E-state index >= 15 is 0 Å². The van der Waals surface area contributed by atoms with Gasteiger partial charge >= 0.3 is 0 Å². The molecule has 110 valence electrons. The second-order valence-electron chi connectivity index (χ2n) is 6.95. The molecule has 0 bridgehead atoms. The van der Waals surface area contributed by atoms with E-state index in [1.807, 2.05) is 13.2 Å². The van der Waals surface area contributed by atoms with Crippen LogP contribution in [-0.4, -0.2) is 27.6 Å². The molecular formula is C15H30N4. The summed E-state index contributed by atoms with van der Waals surface area (Å²) in [5.74, 6) is 0.723. The summed E-state index contributed by atoms with van der Waals surface area (Å²) in [6, 6.07) is 0.499. The third-order valence-electron chi connectivity index (χ3n) is 3.25. The highest BCUT2D eigenvalue weighted by molar-refractivity contribution is 4.96. The van der Waals surface area contributed by atoms with E-state index in [-0.39, 0.29) is 0 Å². The number of nitrogens with one attached hydrogen (secondary N) is 1. The molecule has 2 unspecified atom stereocenters. The fourth-order valence-corrected chi connectivity index (χ4v) is 2.88. The van der Waals surface area contributed by atoms with Crippen LogP contribution in [0.3, 0.4) is 0 Å². The zero-order chi connectivity index (χ0) is 14.5. The van der Waals surface area contributed by atoms with Crippen LogP contribution in [0, 0.1) is 11.3 Å².